The van der Waals surface area contributed by atoms with Crippen molar-refractivity contribution in [3.05, 3.63) is 35.6 Å². The third-order valence-electron chi connectivity index (χ3n) is 3.67. The first-order chi connectivity index (χ1) is 9.04. The quantitative estimate of drug-likeness (QED) is 0.725. The normalized spacial score (nSPS) is 14.6. The molecule has 1 nitrogen and oxygen atoms in total. The molecule has 2 heteroatoms. The van der Waals surface area contributed by atoms with Crippen molar-refractivity contribution in [1.82, 2.24) is 5.32 Å². The maximum absolute atomic E-state index is 14.0. The molecule has 1 aromatic rings. The van der Waals surface area contributed by atoms with Crippen molar-refractivity contribution in [1.29, 1.82) is 0 Å². The Bertz CT molecular complexity index is 362. The monoisotopic (exact) mass is 265 g/mol. The summed E-state index contributed by atoms with van der Waals surface area (Å²) < 4.78 is 14.0. The first-order valence-electron chi connectivity index (χ1n) is 7.49. The first-order valence-corrected chi connectivity index (χ1v) is 7.49. The zero-order valence-corrected chi connectivity index (χ0v) is 12.7. The van der Waals surface area contributed by atoms with Crippen LogP contribution in [-0.4, -0.2) is 13.1 Å². The predicted octanol–water partition coefficient (Wildman–Crippen LogP) is 4.59. The average molecular weight is 265 g/mol. The molecule has 0 amide bonds. The van der Waals surface area contributed by atoms with Gasteiger partial charge in [-0.25, -0.2) is 4.39 Å². The van der Waals surface area contributed by atoms with Gasteiger partial charge in [0.15, 0.2) is 0 Å². The van der Waals surface area contributed by atoms with Crippen LogP contribution in [0.1, 0.15) is 52.0 Å². The Balaban J connectivity index is 2.71. The Morgan fingerprint density at radius 2 is 1.79 bits per heavy atom. The summed E-state index contributed by atoms with van der Waals surface area (Å²) in [6.45, 7) is 10.7. The second kappa shape index (κ2) is 8.31. The molecule has 0 saturated heterocycles. The van der Waals surface area contributed by atoms with Crippen molar-refractivity contribution < 1.29 is 4.39 Å². The third-order valence-corrected chi connectivity index (χ3v) is 3.67. The topological polar surface area (TPSA) is 12.0 Å². The maximum Gasteiger partial charge on any atom is 0.126 e. The Morgan fingerprint density at radius 1 is 1.11 bits per heavy atom. The van der Waals surface area contributed by atoms with E-state index in [1.807, 2.05) is 12.1 Å². The summed E-state index contributed by atoms with van der Waals surface area (Å²) in [6.07, 6.45) is 2.19. The van der Waals surface area contributed by atoms with Gasteiger partial charge < -0.3 is 5.32 Å². The van der Waals surface area contributed by atoms with Crippen LogP contribution in [0.3, 0.4) is 0 Å². The van der Waals surface area contributed by atoms with E-state index in [9.17, 15) is 4.39 Å². The van der Waals surface area contributed by atoms with Gasteiger partial charge in [-0.2, -0.15) is 0 Å². The zero-order chi connectivity index (χ0) is 14.3. The minimum absolute atomic E-state index is 0.0675. The fraction of sp³-hybridized carbons (Fsp3) is 0.647. The largest absolute Gasteiger partial charge is 0.316 e. The van der Waals surface area contributed by atoms with Gasteiger partial charge in [0.05, 0.1) is 0 Å². The molecule has 0 saturated carbocycles. The lowest BCUT2D eigenvalue weighted by molar-refractivity contribution is 0.416. The lowest BCUT2D eigenvalue weighted by Crippen LogP contribution is -2.26. The van der Waals surface area contributed by atoms with Crippen LogP contribution in [0.25, 0.3) is 0 Å². The van der Waals surface area contributed by atoms with Crippen molar-refractivity contribution in [3.63, 3.8) is 0 Å². The van der Waals surface area contributed by atoms with E-state index in [2.05, 4.69) is 33.0 Å². The van der Waals surface area contributed by atoms with Crippen molar-refractivity contribution in [3.8, 4) is 0 Å². The molecule has 0 radical (unpaired) electrons. The summed E-state index contributed by atoms with van der Waals surface area (Å²) in [6, 6.07) is 7.20. The Labute approximate surface area is 117 Å². The smallest absolute Gasteiger partial charge is 0.126 e. The molecule has 0 spiro atoms. The molecule has 1 rings (SSSR count). The third kappa shape index (κ3) is 5.73. The van der Waals surface area contributed by atoms with Gasteiger partial charge in [-0.3, -0.25) is 0 Å². The van der Waals surface area contributed by atoms with Gasteiger partial charge in [-0.15, -0.1) is 0 Å². The van der Waals surface area contributed by atoms with Crippen LogP contribution in [0.15, 0.2) is 24.3 Å². The van der Waals surface area contributed by atoms with Crippen LogP contribution in [-0.2, 0) is 0 Å². The number of rotatable bonds is 8. The Hall–Kier alpha value is -0.890. The highest BCUT2D eigenvalue weighted by molar-refractivity contribution is 5.22. The van der Waals surface area contributed by atoms with E-state index in [-0.39, 0.29) is 11.7 Å². The Kier molecular flexibility index (Phi) is 7.07. The average Bonchev–Trinajstić information content (AvgIpc) is 2.37. The Morgan fingerprint density at radius 3 is 2.37 bits per heavy atom. The van der Waals surface area contributed by atoms with E-state index in [1.165, 1.54) is 0 Å². The summed E-state index contributed by atoms with van der Waals surface area (Å²) in [5.74, 6) is 1.47. The molecule has 1 N–H and O–H groups in total. The van der Waals surface area contributed by atoms with E-state index in [0.29, 0.717) is 11.8 Å². The van der Waals surface area contributed by atoms with E-state index in [4.69, 9.17) is 0 Å². The van der Waals surface area contributed by atoms with Crippen LogP contribution in [0.5, 0.6) is 0 Å². The first kappa shape index (κ1) is 16.2. The standard InChI is InChI=1S/C17H28FN/c1-5-14(4)10-15(12-19-11-13(2)3)16-8-6-7-9-17(16)18/h6-9,13-15,19H,5,10-12H2,1-4H3. The van der Waals surface area contributed by atoms with Crippen molar-refractivity contribution in [2.24, 2.45) is 11.8 Å². The molecule has 19 heavy (non-hydrogen) atoms. The van der Waals surface area contributed by atoms with Gasteiger partial charge in [0.1, 0.15) is 5.82 Å². The minimum atomic E-state index is -0.0675. The molecule has 0 aliphatic carbocycles. The highest BCUT2D eigenvalue weighted by atomic mass is 19.1. The molecule has 2 atom stereocenters. The molecule has 0 heterocycles. The number of halogens is 1. The van der Waals surface area contributed by atoms with Gasteiger partial charge >= 0.3 is 0 Å². The fourth-order valence-corrected chi connectivity index (χ4v) is 2.33. The number of benzene rings is 1. The molecule has 1 aromatic carbocycles. The molecule has 0 aliphatic rings. The zero-order valence-electron chi connectivity index (χ0n) is 12.7. The van der Waals surface area contributed by atoms with Crippen LogP contribution < -0.4 is 5.32 Å². The summed E-state index contributed by atoms with van der Waals surface area (Å²) >= 11 is 0. The van der Waals surface area contributed by atoms with E-state index < -0.39 is 0 Å². The lowest BCUT2D eigenvalue weighted by atomic mass is 9.88. The van der Waals surface area contributed by atoms with Crippen molar-refractivity contribution in [2.75, 3.05) is 13.1 Å². The highest BCUT2D eigenvalue weighted by Gasteiger charge is 2.17. The summed E-state index contributed by atoms with van der Waals surface area (Å²) in [5, 5.41) is 3.47. The number of hydrogen-bond acceptors (Lipinski definition) is 1. The van der Waals surface area contributed by atoms with E-state index >= 15 is 0 Å². The number of nitrogens with one attached hydrogen (secondary N) is 1. The van der Waals surface area contributed by atoms with Crippen LogP contribution in [0, 0.1) is 17.7 Å². The highest BCUT2D eigenvalue weighted by Crippen LogP contribution is 2.26. The second-order valence-electron chi connectivity index (χ2n) is 6.02. The van der Waals surface area contributed by atoms with Crippen LogP contribution in [0.4, 0.5) is 4.39 Å². The molecule has 0 bridgehead atoms. The minimum Gasteiger partial charge on any atom is -0.316 e. The predicted molar refractivity (Wildman–Crippen MR) is 80.9 cm³/mol. The van der Waals surface area contributed by atoms with Gasteiger partial charge in [0.25, 0.3) is 0 Å². The van der Waals surface area contributed by atoms with E-state index in [0.717, 1.165) is 31.5 Å². The maximum atomic E-state index is 14.0. The van der Waals surface area contributed by atoms with Crippen LogP contribution in [0.2, 0.25) is 0 Å². The summed E-state index contributed by atoms with van der Waals surface area (Å²) in [7, 11) is 0. The van der Waals surface area contributed by atoms with Crippen molar-refractivity contribution in [2.45, 2.75) is 46.5 Å². The van der Waals surface area contributed by atoms with E-state index in [1.54, 1.807) is 12.1 Å². The van der Waals surface area contributed by atoms with Gasteiger partial charge in [-0.05, 0) is 42.3 Å². The summed E-state index contributed by atoms with van der Waals surface area (Å²) in [5.41, 5.74) is 0.860. The SMILES string of the molecule is CCC(C)CC(CNCC(C)C)c1ccccc1F. The van der Waals surface area contributed by atoms with Gasteiger partial charge in [-0.1, -0.05) is 52.3 Å². The number of hydrogen-bond donors (Lipinski definition) is 1. The molecule has 0 fully saturated rings. The molecular weight excluding hydrogens is 237 g/mol. The fourth-order valence-electron chi connectivity index (χ4n) is 2.33. The van der Waals surface area contributed by atoms with Gasteiger partial charge in [0, 0.05) is 6.54 Å². The van der Waals surface area contributed by atoms with Gasteiger partial charge in [0.2, 0.25) is 0 Å². The summed E-state index contributed by atoms with van der Waals surface area (Å²) in [4.78, 5) is 0. The molecular formula is C17H28FN. The molecule has 2 unspecified atom stereocenters. The molecule has 108 valence electrons. The van der Waals surface area contributed by atoms with Crippen LogP contribution >= 0.6 is 0 Å². The molecule has 0 aromatic heterocycles. The van der Waals surface area contributed by atoms with Crippen molar-refractivity contribution >= 4 is 0 Å². The molecule has 0 aliphatic heterocycles. The second-order valence-corrected chi connectivity index (χ2v) is 6.02. The lowest BCUT2D eigenvalue weighted by Gasteiger charge is -2.22.